The minimum Gasteiger partial charge on any atom is -0.350 e. The van der Waals surface area contributed by atoms with Gasteiger partial charge in [-0.1, -0.05) is 0 Å². The van der Waals surface area contributed by atoms with Crippen LogP contribution in [0, 0.1) is 25.2 Å². The van der Waals surface area contributed by atoms with E-state index in [-0.39, 0.29) is 0 Å². The molecule has 96 valence electrons. The number of hydrogen-bond donors (Lipinski definition) is 0. The maximum atomic E-state index is 9.33. The van der Waals surface area contributed by atoms with Gasteiger partial charge >= 0.3 is 0 Å². The Morgan fingerprint density at radius 1 is 1.39 bits per heavy atom. The topological polar surface area (TPSA) is 43.2 Å². The molecule has 1 atom stereocenters. The molecule has 1 aromatic rings. The number of rotatable bonds is 1. The molecule has 0 amide bonds. The summed E-state index contributed by atoms with van der Waals surface area (Å²) in [7, 11) is 2.13. The van der Waals surface area contributed by atoms with Gasteiger partial charge in [-0.25, -0.2) is 4.98 Å². The van der Waals surface area contributed by atoms with Gasteiger partial charge in [-0.05, 0) is 39.4 Å². The first-order valence-electron chi connectivity index (χ1n) is 6.36. The maximum Gasteiger partial charge on any atom is 0.147 e. The lowest BCUT2D eigenvalue weighted by molar-refractivity contribution is 0.274. The highest BCUT2D eigenvalue weighted by atomic mass is 15.3. The van der Waals surface area contributed by atoms with Gasteiger partial charge in [-0.2, -0.15) is 5.26 Å². The Kier molecular flexibility index (Phi) is 3.53. The van der Waals surface area contributed by atoms with Crippen LogP contribution in [0.4, 0.5) is 5.82 Å². The molecule has 1 unspecified atom stereocenters. The highest BCUT2D eigenvalue weighted by molar-refractivity contribution is 5.58. The number of likely N-dealkylation sites (N-methyl/N-ethyl adjacent to an activating group) is 1. The molecule has 1 fully saturated rings. The molecule has 2 heterocycles. The zero-order chi connectivity index (χ0) is 13.3. The van der Waals surface area contributed by atoms with Crippen molar-refractivity contribution < 1.29 is 0 Å². The predicted octanol–water partition coefficient (Wildman–Crippen LogP) is 1.71. The zero-order valence-electron chi connectivity index (χ0n) is 11.6. The second kappa shape index (κ2) is 4.95. The molecule has 0 spiro atoms. The highest BCUT2D eigenvalue weighted by Gasteiger charge is 2.25. The fourth-order valence-electron chi connectivity index (χ4n) is 2.62. The molecular weight excluding hydrogens is 224 g/mol. The lowest BCUT2D eigenvalue weighted by Gasteiger charge is -2.39. The third-order valence-electron chi connectivity index (χ3n) is 3.54. The van der Waals surface area contributed by atoms with Crippen LogP contribution in [0.1, 0.15) is 23.7 Å². The average molecular weight is 244 g/mol. The van der Waals surface area contributed by atoms with Crippen molar-refractivity contribution in [2.45, 2.75) is 26.8 Å². The lowest BCUT2D eigenvalue weighted by Crippen LogP contribution is -2.51. The van der Waals surface area contributed by atoms with E-state index in [2.05, 4.69) is 34.8 Å². The maximum absolute atomic E-state index is 9.33. The van der Waals surface area contributed by atoms with Crippen molar-refractivity contribution >= 4 is 5.82 Å². The van der Waals surface area contributed by atoms with Crippen molar-refractivity contribution in [2.75, 3.05) is 31.6 Å². The van der Waals surface area contributed by atoms with Crippen molar-refractivity contribution in [3.05, 3.63) is 22.9 Å². The van der Waals surface area contributed by atoms with Gasteiger partial charge in [0, 0.05) is 31.4 Å². The SMILES string of the molecule is Cc1cc(C)c(C#N)c(N2CCN(C)CC2C)n1. The monoisotopic (exact) mass is 244 g/mol. The molecule has 0 saturated carbocycles. The molecule has 0 radical (unpaired) electrons. The number of piperazine rings is 1. The number of nitriles is 1. The van der Waals surface area contributed by atoms with Gasteiger partial charge in [0.1, 0.15) is 11.9 Å². The second-order valence-electron chi connectivity index (χ2n) is 5.20. The van der Waals surface area contributed by atoms with Crippen LogP contribution in [0.3, 0.4) is 0 Å². The third kappa shape index (κ3) is 2.32. The zero-order valence-corrected chi connectivity index (χ0v) is 11.6. The van der Waals surface area contributed by atoms with Gasteiger partial charge in [0.2, 0.25) is 0 Å². The summed E-state index contributed by atoms with van der Waals surface area (Å²) in [6, 6.07) is 4.67. The summed E-state index contributed by atoms with van der Waals surface area (Å²) < 4.78 is 0. The smallest absolute Gasteiger partial charge is 0.147 e. The number of hydrogen-bond acceptors (Lipinski definition) is 4. The van der Waals surface area contributed by atoms with E-state index in [0.29, 0.717) is 6.04 Å². The minimum absolute atomic E-state index is 0.393. The van der Waals surface area contributed by atoms with Crippen molar-refractivity contribution in [2.24, 2.45) is 0 Å². The van der Waals surface area contributed by atoms with Crippen LogP contribution in [0.2, 0.25) is 0 Å². The Balaban J connectivity index is 2.42. The number of nitrogens with zero attached hydrogens (tertiary/aromatic N) is 4. The van der Waals surface area contributed by atoms with E-state index in [4.69, 9.17) is 0 Å². The van der Waals surface area contributed by atoms with Gasteiger partial charge < -0.3 is 9.80 Å². The van der Waals surface area contributed by atoms with Crippen molar-refractivity contribution in [1.29, 1.82) is 5.26 Å². The molecule has 0 N–H and O–H groups in total. The van der Waals surface area contributed by atoms with Gasteiger partial charge in [0.25, 0.3) is 0 Å². The fraction of sp³-hybridized carbons (Fsp3) is 0.571. The lowest BCUT2D eigenvalue weighted by atomic mass is 10.1. The van der Waals surface area contributed by atoms with Gasteiger partial charge in [0.05, 0.1) is 5.56 Å². The van der Waals surface area contributed by atoms with Crippen LogP contribution in [0.5, 0.6) is 0 Å². The molecule has 1 aliphatic rings. The molecule has 0 aliphatic carbocycles. The molecule has 1 aliphatic heterocycles. The van der Waals surface area contributed by atoms with E-state index >= 15 is 0 Å². The van der Waals surface area contributed by atoms with Crippen LogP contribution < -0.4 is 4.90 Å². The van der Waals surface area contributed by atoms with E-state index in [9.17, 15) is 5.26 Å². The van der Waals surface area contributed by atoms with Crippen molar-refractivity contribution in [3.8, 4) is 6.07 Å². The number of aromatic nitrogens is 1. The molecule has 1 saturated heterocycles. The average Bonchev–Trinajstić information content (AvgIpc) is 2.28. The molecule has 4 nitrogen and oxygen atoms in total. The normalized spacial score (nSPS) is 20.8. The van der Waals surface area contributed by atoms with E-state index in [1.807, 2.05) is 19.9 Å². The van der Waals surface area contributed by atoms with E-state index in [0.717, 1.165) is 42.3 Å². The molecule has 1 aromatic heterocycles. The van der Waals surface area contributed by atoms with Crippen LogP contribution in [0.15, 0.2) is 6.07 Å². The summed E-state index contributed by atoms with van der Waals surface area (Å²) in [5.74, 6) is 0.857. The number of pyridine rings is 1. The Hall–Kier alpha value is -1.60. The van der Waals surface area contributed by atoms with Crippen LogP contribution in [-0.4, -0.2) is 42.6 Å². The largest absolute Gasteiger partial charge is 0.350 e. The molecule has 0 aromatic carbocycles. The van der Waals surface area contributed by atoms with Gasteiger partial charge in [-0.3, -0.25) is 0 Å². The van der Waals surface area contributed by atoms with Crippen molar-refractivity contribution in [3.63, 3.8) is 0 Å². The molecule has 0 bridgehead atoms. The van der Waals surface area contributed by atoms with E-state index in [1.54, 1.807) is 0 Å². The van der Waals surface area contributed by atoms with Crippen LogP contribution in [-0.2, 0) is 0 Å². The quantitative estimate of drug-likeness (QED) is 0.754. The Bertz CT molecular complexity index is 489. The van der Waals surface area contributed by atoms with Crippen LogP contribution in [0.25, 0.3) is 0 Å². The van der Waals surface area contributed by atoms with Gasteiger partial charge in [0.15, 0.2) is 0 Å². The fourth-order valence-corrected chi connectivity index (χ4v) is 2.62. The summed E-state index contributed by atoms with van der Waals surface area (Å²) in [5.41, 5.74) is 2.72. The summed E-state index contributed by atoms with van der Waals surface area (Å²) in [5, 5.41) is 9.33. The van der Waals surface area contributed by atoms with E-state index < -0.39 is 0 Å². The molecule has 18 heavy (non-hydrogen) atoms. The Morgan fingerprint density at radius 3 is 2.72 bits per heavy atom. The first-order valence-corrected chi connectivity index (χ1v) is 6.36. The number of aryl methyl sites for hydroxylation is 2. The summed E-state index contributed by atoms with van der Waals surface area (Å²) >= 11 is 0. The predicted molar refractivity (Wildman–Crippen MR) is 72.7 cm³/mol. The highest BCUT2D eigenvalue weighted by Crippen LogP contribution is 2.25. The first-order chi connectivity index (χ1) is 8.52. The summed E-state index contributed by atoms with van der Waals surface area (Å²) in [4.78, 5) is 9.17. The number of anilines is 1. The Labute approximate surface area is 109 Å². The third-order valence-corrected chi connectivity index (χ3v) is 3.54. The van der Waals surface area contributed by atoms with E-state index in [1.165, 1.54) is 0 Å². The molecular formula is C14H20N4. The summed E-state index contributed by atoms with van der Waals surface area (Å²) in [6.45, 7) is 9.12. The molecule has 4 heteroatoms. The molecule has 2 rings (SSSR count). The Morgan fingerprint density at radius 2 is 2.11 bits per heavy atom. The van der Waals surface area contributed by atoms with Crippen molar-refractivity contribution in [1.82, 2.24) is 9.88 Å². The minimum atomic E-state index is 0.393. The second-order valence-corrected chi connectivity index (χ2v) is 5.20. The standard InChI is InChI=1S/C14H20N4/c1-10-7-11(2)16-14(13(10)8-15)18-6-5-17(4)9-12(18)3/h7,12H,5-6,9H2,1-4H3. The first kappa shape index (κ1) is 12.8. The summed E-state index contributed by atoms with van der Waals surface area (Å²) in [6.07, 6.45) is 0. The van der Waals surface area contributed by atoms with Gasteiger partial charge in [-0.15, -0.1) is 0 Å². The van der Waals surface area contributed by atoms with Crippen LogP contribution >= 0.6 is 0 Å².